The molecule has 0 bridgehead atoms. The van der Waals surface area contributed by atoms with Gasteiger partial charge in [0.15, 0.2) is 17.0 Å². The fourth-order valence-corrected chi connectivity index (χ4v) is 5.05. The zero-order valence-electron chi connectivity index (χ0n) is 22.2. The Labute approximate surface area is 218 Å². The van der Waals surface area contributed by atoms with Gasteiger partial charge in [0, 0.05) is 56.7 Å². The monoisotopic (exact) mass is 503 g/mol. The first-order valence-corrected chi connectivity index (χ1v) is 13.0. The van der Waals surface area contributed by atoms with Gasteiger partial charge in [0.05, 0.1) is 11.9 Å². The minimum absolute atomic E-state index is 0.166. The number of amides is 1. The van der Waals surface area contributed by atoms with Crippen LogP contribution in [-0.4, -0.2) is 82.2 Å². The van der Waals surface area contributed by atoms with E-state index in [4.69, 9.17) is 9.97 Å². The third kappa shape index (κ3) is 5.24. The molecule has 0 saturated carbocycles. The van der Waals surface area contributed by atoms with Gasteiger partial charge >= 0.3 is 0 Å². The summed E-state index contributed by atoms with van der Waals surface area (Å²) >= 11 is 0. The molecule has 0 spiro atoms. The van der Waals surface area contributed by atoms with Gasteiger partial charge in [0.1, 0.15) is 0 Å². The molecule has 0 aliphatic carbocycles. The molecule has 0 radical (unpaired) electrons. The Kier molecular flexibility index (Phi) is 6.76. The maximum absolute atomic E-state index is 12.0. The maximum Gasteiger partial charge on any atom is 0.243 e. The summed E-state index contributed by atoms with van der Waals surface area (Å²) in [5, 5.41) is 6.56. The van der Waals surface area contributed by atoms with Gasteiger partial charge in [-0.3, -0.25) is 4.79 Å². The summed E-state index contributed by atoms with van der Waals surface area (Å²) in [6.45, 7) is 15.4. The van der Waals surface area contributed by atoms with E-state index in [1.54, 1.807) is 0 Å². The van der Waals surface area contributed by atoms with Crippen LogP contribution in [0.4, 0.5) is 23.1 Å². The number of rotatable bonds is 7. The molecule has 2 aliphatic rings. The van der Waals surface area contributed by atoms with E-state index in [9.17, 15) is 4.79 Å². The average molecular weight is 504 g/mol. The van der Waals surface area contributed by atoms with E-state index in [2.05, 4.69) is 86.6 Å². The second kappa shape index (κ2) is 10.0. The molecule has 10 heteroatoms. The van der Waals surface area contributed by atoms with Gasteiger partial charge in [0.25, 0.3) is 0 Å². The zero-order valence-corrected chi connectivity index (χ0v) is 22.2. The quantitative estimate of drug-likeness (QED) is 0.475. The number of aromatic nitrogens is 4. The van der Waals surface area contributed by atoms with Crippen molar-refractivity contribution < 1.29 is 4.79 Å². The van der Waals surface area contributed by atoms with Crippen LogP contribution in [0, 0.1) is 0 Å². The third-order valence-electron chi connectivity index (χ3n) is 7.33. The van der Waals surface area contributed by atoms with Crippen molar-refractivity contribution in [2.24, 2.45) is 0 Å². The van der Waals surface area contributed by atoms with Crippen molar-refractivity contribution in [2.45, 2.75) is 38.8 Å². The zero-order chi connectivity index (χ0) is 26.2. The molecule has 3 aromatic rings. The summed E-state index contributed by atoms with van der Waals surface area (Å²) in [6.07, 6.45) is 3.94. The molecule has 2 aliphatic heterocycles. The van der Waals surface area contributed by atoms with E-state index in [-0.39, 0.29) is 17.5 Å². The Morgan fingerprint density at radius 2 is 1.81 bits per heavy atom. The van der Waals surface area contributed by atoms with Crippen LogP contribution in [-0.2, 0) is 4.79 Å². The molecule has 2 aromatic heterocycles. The summed E-state index contributed by atoms with van der Waals surface area (Å²) in [4.78, 5) is 33.4. The number of nitrogens with zero attached hydrogens (tertiary/aromatic N) is 7. The van der Waals surface area contributed by atoms with Crippen LogP contribution in [0.25, 0.3) is 11.2 Å². The molecule has 2 fully saturated rings. The van der Waals surface area contributed by atoms with Crippen LogP contribution >= 0.6 is 0 Å². The van der Waals surface area contributed by atoms with Crippen LogP contribution < -0.4 is 20.4 Å². The van der Waals surface area contributed by atoms with Gasteiger partial charge in [-0.2, -0.15) is 9.97 Å². The van der Waals surface area contributed by atoms with Crippen LogP contribution in [0.15, 0.2) is 43.2 Å². The number of nitrogens with one attached hydrogen (secondary N) is 2. The number of hydrogen-bond donors (Lipinski definition) is 2. The van der Waals surface area contributed by atoms with Crippen molar-refractivity contribution in [3.63, 3.8) is 0 Å². The Hall–Kier alpha value is -3.66. The van der Waals surface area contributed by atoms with Crippen molar-refractivity contribution in [1.29, 1.82) is 0 Å². The highest BCUT2D eigenvalue weighted by atomic mass is 16.1. The van der Waals surface area contributed by atoms with Crippen LogP contribution in [0.3, 0.4) is 0 Å². The Morgan fingerprint density at radius 1 is 1.08 bits per heavy atom. The van der Waals surface area contributed by atoms with Crippen molar-refractivity contribution in [3.05, 3.63) is 43.2 Å². The van der Waals surface area contributed by atoms with E-state index in [0.717, 1.165) is 56.0 Å². The minimum Gasteiger partial charge on any atom is -0.369 e. The first-order valence-electron chi connectivity index (χ1n) is 13.0. The van der Waals surface area contributed by atoms with Crippen LogP contribution in [0.2, 0.25) is 0 Å². The normalized spacial score (nSPS) is 20.6. The largest absolute Gasteiger partial charge is 0.369 e. The summed E-state index contributed by atoms with van der Waals surface area (Å²) in [7, 11) is 2.17. The summed E-state index contributed by atoms with van der Waals surface area (Å²) < 4.78 is 2.07. The number of carbonyl (C=O) groups excluding carboxylic acids is 1. The molecular formula is C27H37N9O. The number of fused-ring (bicyclic) bond motifs is 1. The lowest BCUT2D eigenvalue weighted by atomic mass is 10.0. The summed E-state index contributed by atoms with van der Waals surface area (Å²) in [5.74, 6) is 1.14. The molecule has 1 amide bonds. The number of anilines is 4. The van der Waals surface area contributed by atoms with Gasteiger partial charge < -0.3 is 29.9 Å². The molecule has 10 nitrogen and oxygen atoms in total. The fourth-order valence-electron chi connectivity index (χ4n) is 5.05. The second-order valence-corrected chi connectivity index (χ2v) is 10.7. The molecule has 196 valence electrons. The van der Waals surface area contributed by atoms with Gasteiger partial charge in [0.2, 0.25) is 11.9 Å². The van der Waals surface area contributed by atoms with Crippen molar-refractivity contribution in [2.75, 3.05) is 61.4 Å². The smallest absolute Gasteiger partial charge is 0.243 e. The fraction of sp³-hybridized carbons (Fsp3) is 0.481. The SMILES string of the molecule is C=CC(=O)N[C@]1(C)CCN(c2nc(Nc3ccc(N4CCN(C)CC4)cc3)c3ncn(C(C)C)c3n2)C1. The molecule has 4 heterocycles. The molecule has 1 aromatic carbocycles. The second-order valence-electron chi connectivity index (χ2n) is 10.7. The standard InChI is InChI=1S/C27H37N9O/c1-6-22(37)32-27(4)11-12-35(17-27)26-30-24(23-25(31-26)36(18-28-23)19(2)3)29-20-7-9-21(10-8-20)34-15-13-33(5)14-16-34/h6-10,18-19H,1,11-17H2,2-5H3,(H,32,37)(H,29,30,31)/t27-/m1/s1. The summed E-state index contributed by atoms with van der Waals surface area (Å²) in [5.41, 5.74) is 3.35. The summed E-state index contributed by atoms with van der Waals surface area (Å²) in [6, 6.07) is 8.72. The lowest BCUT2D eigenvalue weighted by Gasteiger charge is -2.34. The molecule has 37 heavy (non-hydrogen) atoms. The average Bonchev–Trinajstić information content (AvgIpc) is 3.49. The van der Waals surface area contributed by atoms with Gasteiger partial charge in [-0.25, -0.2) is 4.98 Å². The van der Waals surface area contributed by atoms with Crippen molar-refractivity contribution >= 4 is 40.2 Å². The number of piperazine rings is 1. The molecule has 0 unspecified atom stereocenters. The number of hydrogen-bond acceptors (Lipinski definition) is 8. The molecule has 2 N–H and O–H groups in total. The first-order chi connectivity index (χ1) is 17.7. The highest BCUT2D eigenvalue weighted by Crippen LogP contribution is 2.31. The number of likely N-dealkylation sites (N-methyl/N-ethyl adjacent to an activating group) is 1. The van der Waals surface area contributed by atoms with Gasteiger partial charge in [-0.15, -0.1) is 0 Å². The van der Waals surface area contributed by atoms with Crippen LogP contribution in [0.5, 0.6) is 0 Å². The highest BCUT2D eigenvalue weighted by Gasteiger charge is 2.36. The minimum atomic E-state index is -0.367. The van der Waals surface area contributed by atoms with Crippen molar-refractivity contribution in [3.8, 4) is 0 Å². The van der Waals surface area contributed by atoms with Gasteiger partial charge in [-0.1, -0.05) is 6.58 Å². The van der Waals surface area contributed by atoms with E-state index in [0.29, 0.717) is 18.3 Å². The lowest BCUT2D eigenvalue weighted by Crippen LogP contribution is -2.47. The molecule has 2 saturated heterocycles. The molecular weight excluding hydrogens is 466 g/mol. The van der Waals surface area contributed by atoms with Crippen LogP contribution in [0.1, 0.15) is 33.2 Å². The number of imidazole rings is 1. The molecule has 5 rings (SSSR count). The predicted octanol–water partition coefficient (Wildman–Crippen LogP) is 3.17. The van der Waals surface area contributed by atoms with E-state index >= 15 is 0 Å². The predicted molar refractivity (Wildman–Crippen MR) is 149 cm³/mol. The van der Waals surface area contributed by atoms with Gasteiger partial charge in [-0.05, 0) is 64.6 Å². The van der Waals surface area contributed by atoms with E-state index < -0.39 is 0 Å². The first kappa shape index (κ1) is 25.0. The Bertz CT molecular complexity index is 1280. The molecule has 1 atom stereocenters. The topological polar surface area (TPSA) is 94.5 Å². The lowest BCUT2D eigenvalue weighted by molar-refractivity contribution is -0.117. The Balaban J connectivity index is 1.42. The Morgan fingerprint density at radius 3 is 2.49 bits per heavy atom. The third-order valence-corrected chi connectivity index (χ3v) is 7.33. The number of benzene rings is 1. The highest BCUT2D eigenvalue weighted by molar-refractivity contribution is 5.88. The van der Waals surface area contributed by atoms with Crippen molar-refractivity contribution in [1.82, 2.24) is 29.7 Å². The number of carbonyl (C=O) groups is 1. The van der Waals surface area contributed by atoms with E-state index in [1.807, 2.05) is 13.3 Å². The maximum atomic E-state index is 12.0. The van der Waals surface area contributed by atoms with E-state index in [1.165, 1.54) is 11.8 Å².